The quantitative estimate of drug-likeness (QED) is 0.171. The molecule has 184 valence electrons. The van der Waals surface area contributed by atoms with Crippen molar-refractivity contribution in [1.82, 2.24) is 20.2 Å². The van der Waals surface area contributed by atoms with Crippen LogP contribution in [0.1, 0.15) is 36.2 Å². The summed E-state index contributed by atoms with van der Waals surface area (Å²) in [6.07, 6.45) is 3.27. The number of benzene rings is 2. The molecule has 7 nitrogen and oxygen atoms in total. The fourth-order valence-corrected chi connectivity index (χ4v) is 4.21. The summed E-state index contributed by atoms with van der Waals surface area (Å²) in [5.74, 6) is 1.87. The smallest absolute Gasteiger partial charge is 0.191 e. The first kappa shape index (κ1) is 26.4. The highest BCUT2D eigenvalue weighted by atomic mass is 127. The predicted molar refractivity (Wildman–Crippen MR) is 148 cm³/mol. The summed E-state index contributed by atoms with van der Waals surface area (Å²) in [5.41, 5.74) is 4.66. The summed E-state index contributed by atoms with van der Waals surface area (Å²) in [7, 11) is 1.81. The van der Waals surface area contributed by atoms with Crippen molar-refractivity contribution >= 4 is 41.0 Å². The Morgan fingerprint density at radius 1 is 1.12 bits per heavy atom. The number of halogens is 1. The normalized spacial score (nSPS) is 14.7. The predicted octanol–water partition coefficient (Wildman–Crippen LogP) is 4.41. The van der Waals surface area contributed by atoms with E-state index in [-0.39, 0.29) is 24.0 Å². The van der Waals surface area contributed by atoms with E-state index in [0.717, 1.165) is 69.4 Å². The van der Waals surface area contributed by atoms with Crippen LogP contribution in [0.3, 0.4) is 0 Å². The summed E-state index contributed by atoms with van der Waals surface area (Å²) in [5, 5.41) is 6.84. The number of hydrogen-bond donors (Lipinski definition) is 2. The highest BCUT2D eigenvalue weighted by molar-refractivity contribution is 14.0. The molecule has 1 fully saturated rings. The number of aliphatic imine (C=N–C) groups is 1. The van der Waals surface area contributed by atoms with E-state index in [1.807, 2.05) is 6.07 Å². The second kappa shape index (κ2) is 13.7. The maximum atomic E-state index is 6.06. The topological polar surface area (TPSA) is 72.7 Å². The van der Waals surface area contributed by atoms with Crippen molar-refractivity contribution in [1.29, 1.82) is 0 Å². The third-order valence-electron chi connectivity index (χ3n) is 6.03. The Kier molecular flexibility index (Phi) is 10.6. The highest BCUT2D eigenvalue weighted by Crippen LogP contribution is 2.16. The van der Waals surface area contributed by atoms with Gasteiger partial charge in [0.25, 0.3) is 0 Å². The summed E-state index contributed by atoms with van der Waals surface area (Å²) < 4.78 is 13.7. The molecule has 0 saturated carbocycles. The molecule has 34 heavy (non-hydrogen) atoms. The van der Waals surface area contributed by atoms with E-state index < -0.39 is 0 Å². The lowest BCUT2D eigenvalue weighted by molar-refractivity contribution is -0.0390. The molecule has 3 aromatic rings. The van der Waals surface area contributed by atoms with Crippen LogP contribution >= 0.6 is 24.0 Å². The number of aromatic nitrogens is 2. The number of guanidine groups is 1. The molecule has 2 N–H and O–H groups in total. The van der Waals surface area contributed by atoms with Gasteiger partial charge in [-0.2, -0.15) is 0 Å². The molecule has 1 saturated heterocycles. The van der Waals surface area contributed by atoms with Gasteiger partial charge in [0.2, 0.25) is 0 Å². The van der Waals surface area contributed by atoms with Crippen molar-refractivity contribution in [3.63, 3.8) is 0 Å². The molecule has 0 unspecified atom stereocenters. The van der Waals surface area contributed by atoms with Crippen LogP contribution < -0.4 is 10.6 Å². The standard InChI is InChI=1S/C26H35N5O2.HI/c1-20-30-24-9-3-4-10-25(24)31(20)14-6-13-28-26(27-2)29-18-21-7-5-8-22(17-21)19-33-23-11-15-32-16-12-23;/h3-5,7-10,17,23H,6,11-16,18-19H2,1-2H3,(H2,27,28,29);1H. The van der Waals surface area contributed by atoms with Crippen LogP contribution in [0.25, 0.3) is 11.0 Å². The minimum Gasteiger partial charge on any atom is -0.381 e. The Morgan fingerprint density at radius 3 is 2.74 bits per heavy atom. The first-order chi connectivity index (χ1) is 16.2. The third-order valence-corrected chi connectivity index (χ3v) is 6.03. The molecule has 0 spiro atoms. The molecule has 0 amide bonds. The van der Waals surface area contributed by atoms with Crippen molar-refractivity contribution in [3.8, 4) is 0 Å². The molecule has 0 atom stereocenters. The molecule has 0 bridgehead atoms. The zero-order valence-corrected chi connectivity index (χ0v) is 22.5. The van der Waals surface area contributed by atoms with Gasteiger partial charge in [0.15, 0.2) is 5.96 Å². The molecule has 4 rings (SSSR count). The fourth-order valence-electron chi connectivity index (χ4n) is 4.21. The monoisotopic (exact) mass is 577 g/mol. The SMILES string of the molecule is CN=C(NCCCn1c(C)nc2ccccc21)NCc1cccc(COC2CCOCC2)c1.I. The Balaban J connectivity index is 0.00000324. The number of fused-ring (bicyclic) bond motifs is 1. The lowest BCUT2D eigenvalue weighted by Gasteiger charge is -2.22. The maximum Gasteiger partial charge on any atom is 0.191 e. The number of aryl methyl sites for hydroxylation is 2. The van der Waals surface area contributed by atoms with Crippen LogP contribution in [-0.4, -0.2) is 48.4 Å². The second-order valence-corrected chi connectivity index (χ2v) is 8.45. The number of para-hydroxylation sites is 2. The highest BCUT2D eigenvalue weighted by Gasteiger charge is 2.14. The van der Waals surface area contributed by atoms with Gasteiger partial charge < -0.3 is 24.7 Å². The number of ether oxygens (including phenoxy) is 2. The van der Waals surface area contributed by atoms with E-state index in [1.165, 1.54) is 16.6 Å². The molecule has 2 aromatic carbocycles. The first-order valence-corrected chi connectivity index (χ1v) is 11.9. The van der Waals surface area contributed by atoms with Gasteiger partial charge in [-0.05, 0) is 49.4 Å². The van der Waals surface area contributed by atoms with Gasteiger partial charge in [-0.3, -0.25) is 4.99 Å². The second-order valence-electron chi connectivity index (χ2n) is 8.45. The van der Waals surface area contributed by atoms with Gasteiger partial charge in [0, 0.05) is 39.9 Å². The van der Waals surface area contributed by atoms with Crippen LogP contribution in [0.4, 0.5) is 0 Å². The van der Waals surface area contributed by atoms with Crippen molar-refractivity contribution in [2.75, 3.05) is 26.8 Å². The van der Waals surface area contributed by atoms with Crippen LogP contribution in [0.15, 0.2) is 53.5 Å². The Bertz CT molecular complexity index is 1060. The van der Waals surface area contributed by atoms with Crippen LogP contribution in [-0.2, 0) is 29.2 Å². The first-order valence-electron chi connectivity index (χ1n) is 11.9. The van der Waals surface area contributed by atoms with Gasteiger partial charge in [0.05, 0.1) is 23.7 Å². The zero-order valence-electron chi connectivity index (χ0n) is 20.1. The van der Waals surface area contributed by atoms with Gasteiger partial charge in [0.1, 0.15) is 5.82 Å². The number of imidazole rings is 1. The average Bonchev–Trinajstić information content (AvgIpc) is 3.18. The van der Waals surface area contributed by atoms with Gasteiger partial charge in [-0.15, -0.1) is 24.0 Å². The number of nitrogens with zero attached hydrogens (tertiary/aromatic N) is 3. The third kappa shape index (κ3) is 7.41. The van der Waals surface area contributed by atoms with Gasteiger partial charge in [-0.1, -0.05) is 36.4 Å². The minimum absolute atomic E-state index is 0. The molecule has 1 aliphatic heterocycles. The van der Waals surface area contributed by atoms with Gasteiger partial charge >= 0.3 is 0 Å². The summed E-state index contributed by atoms with van der Waals surface area (Å²) in [4.78, 5) is 9.01. The maximum absolute atomic E-state index is 6.06. The number of hydrogen-bond acceptors (Lipinski definition) is 4. The van der Waals surface area contributed by atoms with Crippen LogP contribution in [0, 0.1) is 6.92 Å². The van der Waals surface area contributed by atoms with Crippen molar-refractivity contribution in [2.24, 2.45) is 4.99 Å². The molecule has 8 heteroatoms. The summed E-state index contributed by atoms with van der Waals surface area (Å²) >= 11 is 0. The zero-order chi connectivity index (χ0) is 22.9. The van der Waals surface area contributed by atoms with Gasteiger partial charge in [-0.25, -0.2) is 4.98 Å². The van der Waals surface area contributed by atoms with E-state index in [9.17, 15) is 0 Å². The Labute approximate surface area is 219 Å². The van der Waals surface area contributed by atoms with E-state index in [0.29, 0.717) is 12.7 Å². The van der Waals surface area contributed by atoms with E-state index in [1.54, 1.807) is 7.05 Å². The lowest BCUT2D eigenvalue weighted by Crippen LogP contribution is -2.37. The largest absolute Gasteiger partial charge is 0.381 e. The molecule has 2 heterocycles. The minimum atomic E-state index is 0. The molecule has 0 radical (unpaired) electrons. The van der Waals surface area contributed by atoms with Crippen LogP contribution in [0.5, 0.6) is 0 Å². The summed E-state index contributed by atoms with van der Waals surface area (Å²) in [6, 6.07) is 16.8. The Morgan fingerprint density at radius 2 is 1.91 bits per heavy atom. The molecular weight excluding hydrogens is 541 g/mol. The molecule has 0 aliphatic carbocycles. The molecule has 1 aliphatic rings. The lowest BCUT2D eigenvalue weighted by atomic mass is 10.1. The average molecular weight is 578 g/mol. The Hall–Kier alpha value is -2.17. The summed E-state index contributed by atoms with van der Waals surface area (Å²) in [6.45, 7) is 6.80. The number of rotatable bonds is 9. The van der Waals surface area contributed by atoms with E-state index in [2.05, 4.69) is 74.6 Å². The van der Waals surface area contributed by atoms with Crippen molar-refractivity contribution in [3.05, 3.63) is 65.5 Å². The molecular formula is C26H36IN5O2. The molecule has 1 aromatic heterocycles. The van der Waals surface area contributed by atoms with E-state index in [4.69, 9.17) is 9.47 Å². The number of nitrogens with one attached hydrogen (secondary N) is 2. The fraction of sp³-hybridized carbons (Fsp3) is 0.462. The van der Waals surface area contributed by atoms with E-state index >= 15 is 0 Å². The van der Waals surface area contributed by atoms with Crippen molar-refractivity contribution in [2.45, 2.75) is 52.0 Å². The van der Waals surface area contributed by atoms with Crippen molar-refractivity contribution < 1.29 is 9.47 Å². The van der Waals surface area contributed by atoms with Crippen LogP contribution in [0.2, 0.25) is 0 Å².